The highest BCUT2D eigenvalue weighted by Gasteiger charge is 2.90. The van der Waals surface area contributed by atoms with E-state index in [-0.39, 0.29) is 21.0 Å². The van der Waals surface area contributed by atoms with E-state index in [1.807, 2.05) is 203 Å². The summed E-state index contributed by atoms with van der Waals surface area (Å²) in [5, 5.41) is 30.7. The normalized spacial score (nSPS) is 46.1. The van der Waals surface area contributed by atoms with Crippen molar-refractivity contribution < 1.29 is 0 Å². The molecule has 0 radical (unpaired) electrons. The molecule has 342 valence electrons. The van der Waals surface area contributed by atoms with Crippen molar-refractivity contribution in [1.29, 1.82) is 0 Å². The van der Waals surface area contributed by atoms with Crippen LogP contribution < -0.4 is 0 Å². The Morgan fingerprint density at radius 3 is 1.03 bits per heavy atom. The van der Waals surface area contributed by atoms with E-state index in [0.717, 1.165) is 0 Å². The minimum absolute atomic E-state index is 0.0133. The van der Waals surface area contributed by atoms with E-state index >= 15 is 0 Å². The molecule has 22 aliphatic carbocycles. The summed E-state index contributed by atoms with van der Waals surface area (Å²) >= 11 is 2.64. The Morgan fingerprint density at radius 1 is 0.307 bits per heavy atom. The molecule has 1 saturated carbocycles. The van der Waals surface area contributed by atoms with Crippen LogP contribution in [0.25, 0.3) is 97.3 Å². The molecule has 0 amide bonds. The molecule has 0 nitrogen and oxygen atoms in total. The molecule has 1 heteroatoms. The Balaban J connectivity index is 0.982. The maximum absolute atomic E-state index is 2.94. The van der Waals surface area contributed by atoms with E-state index in [0.29, 0.717) is 118 Å². The minimum atomic E-state index is -0.0169. The zero-order valence-corrected chi connectivity index (χ0v) is 42.9. The fourth-order valence-corrected chi connectivity index (χ4v) is 35.7. The molecule has 1 aliphatic heterocycles. The fourth-order valence-electron chi connectivity index (χ4n) is 33.2. The van der Waals surface area contributed by atoms with Gasteiger partial charge in [0.2, 0.25) is 0 Å². The lowest BCUT2D eigenvalue weighted by molar-refractivity contribution is 0.0341. The van der Waals surface area contributed by atoms with Crippen LogP contribution in [0.15, 0.2) is 17.0 Å². The first-order valence-electron chi connectivity index (χ1n) is 30.8. The summed E-state index contributed by atoms with van der Waals surface area (Å²) in [7, 11) is 0. The van der Waals surface area contributed by atoms with Crippen LogP contribution >= 0.6 is 11.8 Å². The highest BCUT2D eigenvalue weighted by Crippen LogP contribution is 3.01. The Kier molecular flexibility index (Phi) is 3.08. The van der Waals surface area contributed by atoms with Gasteiger partial charge < -0.3 is 0 Å². The van der Waals surface area contributed by atoms with Gasteiger partial charge >= 0.3 is 0 Å². The highest BCUT2D eigenvalue weighted by atomic mass is 32.2. The van der Waals surface area contributed by atoms with Gasteiger partial charge in [0.15, 0.2) is 0 Å². The Labute approximate surface area is 432 Å². The zero-order valence-electron chi connectivity index (χ0n) is 42.1. The van der Waals surface area contributed by atoms with Crippen molar-refractivity contribution in [1.82, 2.24) is 0 Å². The molecule has 22 unspecified atom stereocenters. The van der Waals surface area contributed by atoms with E-state index in [4.69, 9.17) is 0 Å². The molecule has 2 spiro atoms. The van der Waals surface area contributed by atoms with Gasteiger partial charge in [0.05, 0.1) is 4.75 Å². The van der Waals surface area contributed by atoms with Gasteiger partial charge in [-0.2, -0.15) is 0 Å². The van der Waals surface area contributed by atoms with Crippen molar-refractivity contribution in [3.8, 4) is 11.1 Å². The van der Waals surface area contributed by atoms with Crippen LogP contribution in [0.5, 0.6) is 0 Å². The van der Waals surface area contributed by atoms with Crippen LogP contribution in [0, 0.1) is 11.8 Å². The second kappa shape index (κ2) is 7.28. The molecule has 11 aromatic rings. The predicted molar refractivity (Wildman–Crippen MR) is 294 cm³/mol. The molecule has 11 aromatic carbocycles. The SMILES string of the molecule is CC(C)(C)c1ccc2c(c1C(C)(C)C)SC13c4c5c6c7c8c9c%10c%11c%12c%13c%14c%15c(c%16c%13c%10c7c4-%16)C21C1C%15C2c4c7c%10c%13c%15c%16c%17c%18c%19c%20c%21c%22c%23c(c4c4c%22c%19c%16c%104)C2C%14C%12C%23C%21C%11C9C%20C%18C8C6C%17C%15C5C3C%13C71. The first-order valence-corrected chi connectivity index (χ1v) is 31.6. The molecule has 1 fully saturated rings. The van der Waals surface area contributed by atoms with Crippen molar-refractivity contribution in [3.05, 3.63) is 140 Å². The second-order valence-corrected chi connectivity index (χ2v) is 34.7. The van der Waals surface area contributed by atoms with Gasteiger partial charge in [-0.25, -0.2) is 0 Å². The van der Waals surface area contributed by atoms with Crippen molar-refractivity contribution in [2.24, 2.45) is 11.8 Å². The Morgan fingerprint density at radius 2 is 0.613 bits per heavy atom. The summed E-state index contributed by atoms with van der Waals surface area (Å²) in [6, 6.07) is 5.73. The van der Waals surface area contributed by atoms with E-state index in [1.165, 1.54) is 0 Å². The summed E-state index contributed by atoms with van der Waals surface area (Å²) in [5.74, 6) is 13.1. The fraction of sp³-hybridized carbons (Fsp3) is 0.405. The van der Waals surface area contributed by atoms with Crippen LogP contribution in [0.3, 0.4) is 0 Å². The lowest BCUT2D eigenvalue weighted by Crippen LogP contribution is -2.62. The first-order chi connectivity index (χ1) is 36.7. The molecule has 0 aromatic heterocycles. The third-order valence-corrected chi connectivity index (χ3v) is 33.7. The Bertz CT molecular complexity index is 5700. The van der Waals surface area contributed by atoms with Gasteiger partial charge in [-0.1, -0.05) is 53.7 Å². The molecule has 34 rings (SSSR count). The van der Waals surface area contributed by atoms with E-state index < -0.39 is 0 Å². The first kappa shape index (κ1) is 31.8. The van der Waals surface area contributed by atoms with Crippen LogP contribution in [0.2, 0.25) is 0 Å². The molecule has 0 N–H and O–H groups in total. The summed E-state index contributed by atoms with van der Waals surface area (Å²) in [5.41, 5.74) is 49.9. The second-order valence-electron chi connectivity index (χ2n) is 33.5. The molecule has 1 heterocycles. The standard InChI is InChI=1S/C74H40S/c1-71(2,3)9-7-8-10-70(65(9)72(4,5)6)75-74-68-61-55-45-33-25-17-13-11-12-15-19(17)27(33)37-31-23(15)24-16(12)20-18-14(11)22-21(13)29-35(25)43-49-39(29)40-30(22)36-26(18)34-28(20)38-32(24)42-41(31)53(47(37)55)63(68)64-54(42)48(38)56-46(34)52-44(36)50(40)58-57(49)66(59(61)51(43)45)73(10,74)67(58)60(52)62(56)69(64)74/h7-8,13,15,17,19,21,23,29,31,39-42,50,54,58,60,62,64,67,69H,1-6H3. The van der Waals surface area contributed by atoms with Crippen molar-refractivity contribution in [2.75, 3.05) is 0 Å². The Hall–Kier alpha value is -5.37. The lowest BCUT2D eigenvalue weighted by atomic mass is 9.39. The average Bonchev–Trinajstić information content (AvgIpc) is 2.78. The predicted octanol–water partition coefficient (Wildman–Crippen LogP) is 17.1. The highest BCUT2D eigenvalue weighted by molar-refractivity contribution is 8.00. The van der Waals surface area contributed by atoms with Crippen molar-refractivity contribution in [3.63, 3.8) is 0 Å². The topological polar surface area (TPSA) is 0 Å². The van der Waals surface area contributed by atoms with Gasteiger partial charge in [-0.15, -0.1) is 11.8 Å². The average molecular weight is 961 g/mol. The van der Waals surface area contributed by atoms with Gasteiger partial charge in [0, 0.05) is 10.3 Å². The lowest BCUT2D eigenvalue weighted by Gasteiger charge is -2.65. The van der Waals surface area contributed by atoms with E-state index in [9.17, 15) is 0 Å². The number of fused-ring (bicyclic) bond motifs is 1. The maximum Gasteiger partial charge on any atom is 0.0645 e. The molecule has 75 heavy (non-hydrogen) atoms. The molecule has 22 atom stereocenters. The number of benzene rings is 10. The largest absolute Gasteiger partial charge is 0.112 e. The third-order valence-electron chi connectivity index (χ3n) is 31.9. The zero-order chi connectivity index (χ0) is 45.9. The van der Waals surface area contributed by atoms with Gasteiger partial charge in [-0.3, -0.25) is 0 Å². The number of thioether (sulfide) groups is 1. The van der Waals surface area contributed by atoms with Crippen molar-refractivity contribution >= 4 is 97.9 Å². The van der Waals surface area contributed by atoms with E-state index in [1.54, 1.807) is 16.0 Å². The molecular formula is C74H40S. The number of hydrogen-bond donors (Lipinski definition) is 0. The van der Waals surface area contributed by atoms with Crippen LogP contribution in [0.1, 0.15) is 276 Å². The maximum atomic E-state index is 2.94. The summed E-state index contributed by atoms with van der Waals surface area (Å²) in [6.07, 6.45) is 0. The monoisotopic (exact) mass is 960 g/mol. The van der Waals surface area contributed by atoms with Gasteiger partial charge in [0.25, 0.3) is 0 Å². The van der Waals surface area contributed by atoms with Crippen molar-refractivity contribution in [2.45, 2.75) is 174 Å². The number of hydrogen-bond acceptors (Lipinski definition) is 1. The molecule has 0 bridgehead atoms. The molecular weight excluding hydrogens is 921 g/mol. The number of rotatable bonds is 0. The minimum Gasteiger partial charge on any atom is -0.112 e. The van der Waals surface area contributed by atoms with E-state index in [2.05, 4.69) is 76.6 Å². The smallest absolute Gasteiger partial charge is 0.0645 e. The quantitative estimate of drug-likeness (QED) is 0.137. The third kappa shape index (κ3) is 1.83. The van der Waals surface area contributed by atoms with Gasteiger partial charge in [-0.05, 0) is 354 Å². The van der Waals surface area contributed by atoms with Crippen LogP contribution in [-0.2, 0) is 21.0 Å². The molecule has 23 aliphatic rings. The summed E-state index contributed by atoms with van der Waals surface area (Å²) in [4.78, 5) is 1.80. The van der Waals surface area contributed by atoms with Crippen LogP contribution in [0.4, 0.5) is 0 Å². The summed E-state index contributed by atoms with van der Waals surface area (Å²) < 4.78 is 0.0133. The summed E-state index contributed by atoms with van der Waals surface area (Å²) in [6.45, 7) is 15.6. The van der Waals surface area contributed by atoms with Crippen LogP contribution in [-0.4, -0.2) is 0 Å². The molecule has 0 saturated heterocycles. The van der Waals surface area contributed by atoms with Gasteiger partial charge in [0.1, 0.15) is 0 Å².